The Kier molecular flexibility index (Phi) is 3.57. The molecule has 0 saturated heterocycles. The number of hydrogen-bond acceptors (Lipinski definition) is 2. The molecule has 0 atom stereocenters. The molecule has 0 amide bonds. The predicted molar refractivity (Wildman–Crippen MR) is 106 cm³/mol. The van der Waals surface area contributed by atoms with E-state index in [1.807, 2.05) is 6.92 Å². The summed E-state index contributed by atoms with van der Waals surface area (Å²) in [5.74, 6) is 0.814. The molecule has 0 bridgehead atoms. The summed E-state index contributed by atoms with van der Waals surface area (Å²) < 4.78 is 0. The van der Waals surface area contributed by atoms with E-state index >= 15 is 0 Å². The second-order valence-electron chi connectivity index (χ2n) is 7.14. The summed E-state index contributed by atoms with van der Waals surface area (Å²) in [4.78, 5) is 9.61. The zero-order valence-corrected chi connectivity index (χ0v) is 15.4. The van der Waals surface area contributed by atoms with E-state index in [9.17, 15) is 0 Å². The Hall–Kier alpha value is -2.74. The molecule has 4 aromatic rings. The molecule has 0 saturated carbocycles. The highest BCUT2D eigenvalue weighted by molar-refractivity contribution is 6.10. The second kappa shape index (κ2) is 5.66. The standard InChI is InChI=1S/C23H22N2/c1-13-8-14(2)12-19(11-13)22-20-7-6-18-10-15(3)9-16(4)21(18)23(20)25-17(5)24-22/h6-12H,1-5H3. The molecule has 1 aromatic heterocycles. The van der Waals surface area contributed by atoms with Gasteiger partial charge in [0.2, 0.25) is 0 Å². The molecule has 3 aromatic carbocycles. The molecule has 0 aliphatic heterocycles. The maximum atomic E-state index is 4.81. The van der Waals surface area contributed by atoms with E-state index in [2.05, 4.69) is 70.2 Å². The van der Waals surface area contributed by atoms with Crippen molar-refractivity contribution in [3.05, 3.63) is 70.5 Å². The van der Waals surface area contributed by atoms with Gasteiger partial charge >= 0.3 is 0 Å². The predicted octanol–water partition coefficient (Wildman–Crippen LogP) is 5.99. The average Bonchev–Trinajstić information content (AvgIpc) is 2.52. The molecular weight excluding hydrogens is 304 g/mol. The van der Waals surface area contributed by atoms with Gasteiger partial charge in [0.05, 0.1) is 11.2 Å². The van der Waals surface area contributed by atoms with Crippen LogP contribution in [0.25, 0.3) is 32.9 Å². The highest BCUT2D eigenvalue weighted by Gasteiger charge is 2.13. The van der Waals surface area contributed by atoms with Gasteiger partial charge < -0.3 is 0 Å². The maximum Gasteiger partial charge on any atom is 0.126 e. The van der Waals surface area contributed by atoms with Gasteiger partial charge in [-0.3, -0.25) is 0 Å². The minimum atomic E-state index is 0.814. The first-order chi connectivity index (χ1) is 11.9. The normalized spacial score (nSPS) is 11.4. The third-order valence-electron chi connectivity index (χ3n) is 4.73. The van der Waals surface area contributed by atoms with Crippen LogP contribution in [0.5, 0.6) is 0 Å². The fraction of sp³-hybridized carbons (Fsp3) is 0.217. The lowest BCUT2D eigenvalue weighted by Crippen LogP contribution is -1.96. The summed E-state index contributed by atoms with van der Waals surface area (Å²) in [5.41, 5.74) is 8.30. The number of aryl methyl sites for hydroxylation is 5. The van der Waals surface area contributed by atoms with Gasteiger partial charge in [-0.15, -0.1) is 0 Å². The van der Waals surface area contributed by atoms with Crippen molar-refractivity contribution in [3.8, 4) is 11.3 Å². The van der Waals surface area contributed by atoms with Gasteiger partial charge in [-0.1, -0.05) is 41.0 Å². The van der Waals surface area contributed by atoms with Gasteiger partial charge in [-0.25, -0.2) is 9.97 Å². The van der Waals surface area contributed by atoms with Crippen molar-refractivity contribution in [2.45, 2.75) is 34.6 Å². The first-order valence-corrected chi connectivity index (χ1v) is 8.69. The maximum absolute atomic E-state index is 4.81. The Morgan fingerprint density at radius 2 is 1.36 bits per heavy atom. The van der Waals surface area contributed by atoms with Crippen molar-refractivity contribution >= 4 is 21.7 Å². The lowest BCUT2D eigenvalue weighted by atomic mass is 9.96. The quantitative estimate of drug-likeness (QED) is 0.401. The zero-order chi connectivity index (χ0) is 17.7. The third kappa shape index (κ3) is 2.68. The first-order valence-electron chi connectivity index (χ1n) is 8.69. The van der Waals surface area contributed by atoms with Crippen molar-refractivity contribution in [1.82, 2.24) is 9.97 Å². The SMILES string of the molecule is Cc1cc(C)cc(-c2nc(C)nc3c2ccc2cc(C)cc(C)c23)c1. The molecule has 0 spiro atoms. The van der Waals surface area contributed by atoms with Crippen LogP contribution in [0.3, 0.4) is 0 Å². The van der Waals surface area contributed by atoms with Crippen LogP contribution in [0.2, 0.25) is 0 Å². The zero-order valence-electron chi connectivity index (χ0n) is 15.4. The molecule has 1 heterocycles. The third-order valence-corrected chi connectivity index (χ3v) is 4.73. The Balaban J connectivity index is 2.15. The van der Waals surface area contributed by atoms with E-state index in [4.69, 9.17) is 9.97 Å². The molecule has 25 heavy (non-hydrogen) atoms. The van der Waals surface area contributed by atoms with E-state index in [0.717, 1.165) is 28.0 Å². The molecular formula is C23H22N2. The lowest BCUT2D eigenvalue weighted by molar-refractivity contribution is 1.10. The number of nitrogens with zero attached hydrogens (tertiary/aromatic N) is 2. The Labute approximate surface area is 148 Å². The largest absolute Gasteiger partial charge is 0.233 e. The smallest absolute Gasteiger partial charge is 0.126 e. The molecule has 2 heteroatoms. The van der Waals surface area contributed by atoms with Gasteiger partial charge in [-0.2, -0.15) is 0 Å². The fourth-order valence-electron chi connectivity index (χ4n) is 3.89. The monoisotopic (exact) mass is 326 g/mol. The molecule has 2 nitrogen and oxygen atoms in total. The highest BCUT2D eigenvalue weighted by Crippen LogP contribution is 2.33. The highest BCUT2D eigenvalue weighted by atomic mass is 14.9. The lowest BCUT2D eigenvalue weighted by Gasteiger charge is -2.13. The minimum absolute atomic E-state index is 0.814. The van der Waals surface area contributed by atoms with Crippen LogP contribution in [-0.4, -0.2) is 9.97 Å². The molecule has 0 unspecified atom stereocenters. The van der Waals surface area contributed by atoms with E-state index < -0.39 is 0 Å². The van der Waals surface area contributed by atoms with Crippen molar-refractivity contribution in [2.75, 3.05) is 0 Å². The summed E-state index contributed by atoms with van der Waals surface area (Å²) in [7, 11) is 0. The van der Waals surface area contributed by atoms with Crippen LogP contribution in [0.15, 0.2) is 42.5 Å². The number of benzene rings is 3. The summed E-state index contributed by atoms with van der Waals surface area (Å²) in [6, 6.07) is 15.4. The van der Waals surface area contributed by atoms with E-state index in [1.165, 1.54) is 33.0 Å². The van der Waals surface area contributed by atoms with Crippen molar-refractivity contribution in [3.63, 3.8) is 0 Å². The fourth-order valence-corrected chi connectivity index (χ4v) is 3.89. The van der Waals surface area contributed by atoms with Gasteiger partial charge in [0.15, 0.2) is 0 Å². The van der Waals surface area contributed by atoms with Crippen molar-refractivity contribution in [1.29, 1.82) is 0 Å². The molecule has 0 aliphatic rings. The second-order valence-corrected chi connectivity index (χ2v) is 7.14. The first kappa shape index (κ1) is 15.8. The summed E-state index contributed by atoms with van der Waals surface area (Å²) in [6.07, 6.45) is 0. The Bertz CT molecular complexity index is 1120. The van der Waals surface area contributed by atoms with E-state index in [1.54, 1.807) is 0 Å². The van der Waals surface area contributed by atoms with Crippen LogP contribution < -0.4 is 0 Å². The van der Waals surface area contributed by atoms with Gasteiger partial charge in [0.25, 0.3) is 0 Å². The van der Waals surface area contributed by atoms with Crippen LogP contribution >= 0.6 is 0 Å². The summed E-state index contributed by atoms with van der Waals surface area (Å²) in [6.45, 7) is 10.6. The summed E-state index contributed by atoms with van der Waals surface area (Å²) in [5, 5.41) is 3.60. The summed E-state index contributed by atoms with van der Waals surface area (Å²) >= 11 is 0. The van der Waals surface area contributed by atoms with Crippen molar-refractivity contribution < 1.29 is 0 Å². The molecule has 124 valence electrons. The number of aromatic nitrogens is 2. The van der Waals surface area contributed by atoms with Crippen LogP contribution in [0, 0.1) is 34.6 Å². The Morgan fingerprint density at radius 3 is 2.08 bits per heavy atom. The van der Waals surface area contributed by atoms with E-state index in [0.29, 0.717) is 0 Å². The molecule has 4 rings (SSSR count). The van der Waals surface area contributed by atoms with E-state index in [-0.39, 0.29) is 0 Å². The molecule has 0 aliphatic carbocycles. The van der Waals surface area contributed by atoms with Crippen molar-refractivity contribution in [2.24, 2.45) is 0 Å². The van der Waals surface area contributed by atoms with Crippen LogP contribution in [0.1, 0.15) is 28.1 Å². The number of fused-ring (bicyclic) bond motifs is 3. The van der Waals surface area contributed by atoms with Gasteiger partial charge in [-0.05, 0) is 63.8 Å². The number of hydrogen-bond donors (Lipinski definition) is 0. The van der Waals surface area contributed by atoms with Crippen LogP contribution in [-0.2, 0) is 0 Å². The average molecular weight is 326 g/mol. The van der Waals surface area contributed by atoms with Gasteiger partial charge in [0.1, 0.15) is 5.82 Å². The minimum Gasteiger partial charge on any atom is -0.233 e. The van der Waals surface area contributed by atoms with Crippen LogP contribution in [0.4, 0.5) is 0 Å². The molecule has 0 N–H and O–H groups in total. The Morgan fingerprint density at radius 1 is 0.680 bits per heavy atom. The van der Waals surface area contributed by atoms with Gasteiger partial charge in [0, 0.05) is 16.3 Å². The number of rotatable bonds is 1. The topological polar surface area (TPSA) is 25.8 Å². The molecule has 0 radical (unpaired) electrons. The molecule has 0 fully saturated rings.